The average Bonchev–Trinajstić information content (AvgIpc) is 2.64. The van der Waals surface area contributed by atoms with Crippen molar-refractivity contribution in [2.45, 2.75) is 19.4 Å². The van der Waals surface area contributed by atoms with Crippen molar-refractivity contribution in [1.82, 2.24) is 4.90 Å². The predicted octanol–water partition coefficient (Wildman–Crippen LogP) is 4.15. The summed E-state index contributed by atoms with van der Waals surface area (Å²) in [7, 11) is 1.59. The van der Waals surface area contributed by atoms with E-state index in [4.69, 9.17) is 16.3 Å². The molecule has 25 heavy (non-hydrogen) atoms. The van der Waals surface area contributed by atoms with Gasteiger partial charge in [0.05, 0.1) is 17.7 Å². The molecule has 0 radical (unpaired) electrons. The van der Waals surface area contributed by atoms with Gasteiger partial charge in [0.2, 0.25) is 0 Å². The maximum Gasteiger partial charge on any atom is 0.170 e. The number of aromatic hydroxyl groups is 1. The van der Waals surface area contributed by atoms with Crippen molar-refractivity contribution in [3.8, 4) is 11.5 Å². The Hall–Kier alpha value is -2.04. The van der Waals surface area contributed by atoms with E-state index in [2.05, 4.69) is 4.90 Å². The van der Waals surface area contributed by atoms with Gasteiger partial charge in [0.15, 0.2) is 5.78 Å². The first-order chi connectivity index (χ1) is 12.1. The molecule has 0 unspecified atom stereocenters. The highest BCUT2D eigenvalue weighted by atomic mass is 35.5. The van der Waals surface area contributed by atoms with Gasteiger partial charge in [-0.15, -0.1) is 0 Å². The Bertz CT molecular complexity index is 762. The summed E-state index contributed by atoms with van der Waals surface area (Å²) in [5.41, 5.74) is 1.69. The minimum absolute atomic E-state index is 0.0300. The molecule has 2 aromatic carbocycles. The molecular weight excluding hydrogens is 338 g/mol. The molecule has 1 atom stereocenters. The average molecular weight is 360 g/mol. The van der Waals surface area contributed by atoms with Crippen LogP contribution in [-0.2, 0) is 6.54 Å². The number of para-hydroxylation sites is 1. The molecule has 0 spiro atoms. The van der Waals surface area contributed by atoms with Crippen molar-refractivity contribution < 1.29 is 14.6 Å². The number of Topliss-reactive ketones (excluding diaryl/α,β-unsaturated/α-hetero) is 1. The Morgan fingerprint density at radius 3 is 2.88 bits per heavy atom. The molecule has 1 saturated heterocycles. The van der Waals surface area contributed by atoms with Gasteiger partial charge in [0.1, 0.15) is 11.5 Å². The topological polar surface area (TPSA) is 49.8 Å². The fourth-order valence-electron chi connectivity index (χ4n) is 3.39. The van der Waals surface area contributed by atoms with Crippen molar-refractivity contribution >= 4 is 17.4 Å². The van der Waals surface area contributed by atoms with E-state index < -0.39 is 0 Å². The number of halogens is 1. The van der Waals surface area contributed by atoms with Gasteiger partial charge in [-0.2, -0.15) is 0 Å². The van der Waals surface area contributed by atoms with Gasteiger partial charge in [-0.3, -0.25) is 9.69 Å². The van der Waals surface area contributed by atoms with Crippen molar-refractivity contribution in [1.29, 1.82) is 0 Å². The third kappa shape index (κ3) is 4.14. The van der Waals surface area contributed by atoms with Crippen LogP contribution >= 0.6 is 11.6 Å². The lowest BCUT2D eigenvalue weighted by atomic mass is 9.89. The Balaban J connectivity index is 1.70. The van der Waals surface area contributed by atoms with E-state index >= 15 is 0 Å². The Morgan fingerprint density at radius 1 is 1.32 bits per heavy atom. The number of nitrogens with zero attached hydrogens (tertiary/aromatic N) is 1. The summed E-state index contributed by atoms with van der Waals surface area (Å²) in [5.74, 6) is 0.840. The first-order valence-electron chi connectivity index (χ1n) is 8.45. The highest BCUT2D eigenvalue weighted by Crippen LogP contribution is 2.28. The van der Waals surface area contributed by atoms with Gasteiger partial charge in [0.25, 0.3) is 0 Å². The van der Waals surface area contributed by atoms with E-state index in [9.17, 15) is 9.90 Å². The fraction of sp³-hybridized carbons (Fsp3) is 0.350. The fourth-order valence-corrected chi connectivity index (χ4v) is 3.59. The van der Waals surface area contributed by atoms with Crippen LogP contribution in [0.2, 0.25) is 5.02 Å². The van der Waals surface area contributed by atoms with Gasteiger partial charge >= 0.3 is 0 Å². The second-order valence-corrected chi connectivity index (χ2v) is 6.83. The zero-order chi connectivity index (χ0) is 17.8. The lowest BCUT2D eigenvalue weighted by molar-refractivity contribution is 0.0808. The van der Waals surface area contributed by atoms with Crippen LogP contribution in [0.25, 0.3) is 0 Å². The van der Waals surface area contributed by atoms with Crippen molar-refractivity contribution in [3.63, 3.8) is 0 Å². The first-order valence-corrected chi connectivity index (χ1v) is 8.83. The quantitative estimate of drug-likeness (QED) is 0.815. The number of ketones is 1. The van der Waals surface area contributed by atoms with Crippen LogP contribution in [0.5, 0.6) is 11.5 Å². The van der Waals surface area contributed by atoms with Crippen LogP contribution in [0, 0.1) is 5.92 Å². The highest BCUT2D eigenvalue weighted by molar-refractivity contribution is 6.32. The minimum Gasteiger partial charge on any atom is -0.506 e. The van der Waals surface area contributed by atoms with E-state index in [0.717, 1.165) is 38.0 Å². The predicted molar refractivity (Wildman–Crippen MR) is 98.4 cm³/mol. The Morgan fingerprint density at radius 2 is 2.12 bits per heavy atom. The molecule has 0 aromatic heterocycles. The Kier molecular flexibility index (Phi) is 5.61. The van der Waals surface area contributed by atoms with E-state index in [-0.39, 0.29) is 17.5 Å². The normalized spacial score (nSPS) is 18.1. The second-order valence-electron chi connectivity index (χ2n) is 6.42. The van der Waals surface area contributed by atoms with Crippen molar-refractivity contribution in [2.24, 2.45) is 5.92 Å². The maximum atomic E-state index is 12.9. The van der Waals surface area contributed by atoms with E-state index in [1.807, 2.05) is 30.3 Å². The molecule has 1 aliphatic heterocycles. The smallest absolute Gasteiger partial charge is 0.170 e. The van der Waals surface area contributed by atoms with Crippen LogP contribution in [0.3, 0.4) is 0 Å². The number of phenols is 1. The summed E-state index contributed by atoms with van der Waals surface area (Å²) in [4.78, 5) is 15.2. The summed E-state index contributed by atoms with van der Waals surface area (Å²) in [6.45, 7) is 2.39. The monoisotopic (exact) mass is 359 g/mol. The summed E-state index contributed by atoms with van der Waals surface area (Å²) < 4.78 is 5.33. The standard InChI is InChI=1S/C20H22ClNO3/c1-25-19-7-3-2-6-16(19)20(24)15-5-4-10-22(13-15)12-14-8-9-18(23)17(21)11-14/h2-3,6-9,11,15,23H,4-5,10,12-13H2,1H3/t15-/m0/s1. The zero-order valence-electron chi connectivity index (χ0n) is 14.2. The minimum atomic E-state index is -0.0300. The molecule has 1 heterocycles. The lowest BCUT2D eigenvalue weighted by Crippen LogP contribution is -2.38. The summed E-state index contributed by atoms with van der Waals surface area (Å²) in [6, 6.07) is 12.7. The molecule has 1 fully saturated rings. The van der Waals surface area contributed by atoms with Crippen LogP contribution in [0.15, 0.2) is 42.5 Å². The molecular formula is C20H22ClNO3. The number of likely N-dealkylation sites (tertiary alicyclic amines) is 1. The lowest BCUT2D eigenvalue weighted by Gasteiger charge is -2.32. The molecule has 132 valence electrons. The number of carbonyl (C=O) groups excluding carboxylic acids is 1. The molecule has 1 N–H and O–H groups in total. The number of phenolic OH excluding ortho intramolecular Hbond substituents is 1. The molecule has 4 nitrogen and oxygen atoms in total. The third-order valence-corrected chi connectivity index (χ3v) is 4.97. The van der Waals surface area contributed by atoms with Gasteiger partial charge < -0.3 is 9.84 Å². The molecule has 1 aliphatic rings. The molecule has 0 aliphatic carbocycles. The highest BCUT2D eigenvalue weighted by Gasteiger charge is 2.28. The first kappa shape index (κ1) is 17.8. The molecule has 0 saturated carbocycles. The van der Waals surface area contributed by atoms with Gasteiger partial charge in [-0.1, -0.05) is 29.8 Å². The van der Waals surface area contributed by atoms with Crippen molar-refractivity contribution in [3.05, 3.63) is 58.6 Å². The van der Waals surface area contributed by atoms with Crippen LogP contribution < -0.4 is 4.74 Å². The number of hydrogen-bond donors (Lipinski definition) is 1. The van der Waals surface area contributed by atoms with E-state index in [0.29, 0.717) is 16.3 Å². The number of hydrogen-bond acceptors (Lipinski definition) is 4. The van der Waals surface area contributed by atoms with Crippen LogP contribution in [-0.4, -0.2) is 36.0 Å². The summed E-state index contributed by atoms with van der Waals surface area (Å²) in [5, 5.41) is 9.90. The van der Waals surface area contributed by atoms with Gasteiger partial charge in [-0.25, -0.2) is 0 Å². The van der Waals surface area contributed by atoms with E-state index in [1.165, 1.54) is 0 Å². The van der Waals surface area contributed by atoms with Gasteiger partial charge in [-0.05, 0) is 49.2 Å². The van der Waals surface area contributed by atoms with E-state index in [1.54, 1.807) is 19.2 Å². The number of ether oxygens (including phenoxy) is 1. The number of methoxy groups -OCH3 is 1. The second kappa shape index (κ2) is 7.89. The van der Waals surface area contributed by atoms with Gasteiger partial charge in [0, 0.05) is 19.0 Å². The maximum absolute atomic E-state index is 12.9. The van der Waals surface area contributed by atoms with Crippen LogP contribution in [0.1, 0.15) is 28.8 Å². The third-order valence-electron chi connectivity index (χ3n) is 4.67. The molecule has 3 rings (SSSR count). The molecule has 0 bridgehead atoms. The SMILES string of the molecule is COc1ccccc1C(=O)[C@H]1CCCN(Cc2ccc(O)c(Cl)c2)C1. The molecule has 0 amide bonds. The molecule has 2 aromatic rings. The summed E-state index contributed by atoms with van der Waals surface area (Å²) in [6.07, 6.45) is 1.88. The number of rotatable bonds is 5. The Labute approximate surface area is 153 Å². The van der Waals surface area contributed by atoms with Crippen LogP contribution in [0.4, 0.5) is 0 Å². The zero-order valence-corrected chi connectivity index (χ0v) is 15.0. The van der Waals surface area contributed by atoms with Crippen molar-refractivity contribution in [2.75, 3.05) is 20.2 Å². The number of benzene rings is 2. The molecule has 5 heteroatoms. The number of piperidine rings is 1. The largest absolute Gasteiger partial charge is 0.506 e. The number of carbonyl (C=O) groups is 1. The summed E-state index contributed by atoms with van der Waals surface area (Å²) >= 11 is 5.99.